The molecular formula is C22H23BrN2O3. The van der Waals surface area contributed by atoms with Crippen molar-refractivity contribution in [2.75, 3.05) is 6.61 Å². The van der Waals surface area contributed by atoms with Gasteiger partial charge in [-0.05, 0) is 49.4 Å². The number of carbonyl (C=O) groups excluding carboxylic acids is 1. The highest BCUT2D eigenvalue weighted by Crippen LogP contribution is 2.32. The van der Waals surface area contributed by atoms with Crippen LogP contribution in [0.25, 0.3) is 10.9 Å². The number of hydrogen-bond acceptors (Lipinski definition) is 4. The number of halogens is 1. The normalized spacial score (nSPS) is 13.6. The third-order valence-corrected chi connectivity index (χ3v) is 5.49. The first-order chi connectivity index (χ1) is 13.6. The van der Waals surface area contributed by atoms with Gasteiger partial charge in [0.2, 0.25) is 0 Å². The molecule has 0 amide bonds. The molecule has 0 radical (unpaired) electrons. The van der Waals surface area contributed by atoms with Crippen molar-refractivity contribution in [2.45, 2.75) is 39.3 Å². The van der Waals surface area contributed by atoms with Crippen LogP contribution in [0.1, 0.15) is 30.9 Å². The number of para-hydroxylation sites is 1. The average molecular weight is 443 g/mol. The van der Waals surface area contributed by atoms with E-state index < -0.39 is 0 Å². The molecule has 1 heterocycles. The highest BCUT2D eigenvalue weighted by atomic mass is 79.9. The highest BCUT2D eigenvalue weighted by molar-refractivity contribution is 9.10. The maximum absolute atomic E-state index is 11.8. The van der Waals surface area contributed by atoms with E-state index in [0.29, 0.717) is 19.0 Å². The molecule has 1 saturated carbocycles. The largest absolute Gasteiger partial charge is 0.489 e. The molecule has 0 atom stereocenters. The Morgan fingerprint density at radius 2 is 2.11 bits per heavy atom. The van der Waals surface area contributed by atoms with E-state index in [9.17, 15) is 4.79 Å². The average Bonchev–Trinajstić information content (AvgIpc) is 3.38. The van der Waals surface area contributed by atoms with E-state index in [2.05, 4.69) is 34.3 Å². The summed E-state index contributed by atoms with van der Waals surface area (Å²) in [7, 11) is 0. The lowest BCUT2D eigenvalue weighted by molar-refractivity contribution is -0.142. The minimum absolute atomic E-state index is 0.207. The summed E-state index contributed by atoms with van der Waals surface area (Å²) < 4.78 is 14.1. The summed E-state index contributed by atoms with van der Waals surface area (Å²) in [5.74, 6) is 1.24. The topological polar surface area (TPSA) is 53.4 Å². The molecule has 4 rings (SSSR count). The van der Waals surface area contributed by atoms with Crippen LogP contribution in [0.3, 0.4) is 0 Å². The number of ether oxygens (including phenoxy) is 2. The van der Waals surface area contributed by atoms with Gasteiger partial charge in [-0.15, -0.1) is 0 Å². The lowest BCUT2D eigenvalue weighted by atomic mass is 10.1. The Kier molecular flexibility index (Phi) is 5.67. The molecule has 0 bridgehead atoms. The minimum Gasteiger partial charge on any atom is -0.489 e. The molecule has 1 aliphatic rings. The van der Waals surface area contributed by atoms with Crippen molar-refractivity contribution in [1.29, 1.82) is 0 Å². The van der Waals surface area contributed by atoms with Gasteiger partial charge in [-0.1, -0.05) is 34.1 Å². The van der Waals surface area contributed by atoms with Crippen molar-refractivity contribution >= 4 is 32.8 Å². The number of benzene rings is 2. The number of fused-ring (bicyclic) bond motifs is 1. The number of esters is 1. The Bertz CT molecular complexity index is 995. The van der Waals surface area contributed by atoms with Crippen LogP contribution in [-0.2, 0) is 29.1 Å². The van der Waals surface area contributed by atoms with Crippen LogP contribution in [0.5, 0.6) is 5.75 Å². The summed E-state index contributed by atoms with van der Waals surface area (Å²) in [4.78, 5) is 11.8. The second-order valence-electron chi connectivity index (χ2n) is 7.18. The second kappa shape index (κ2) is 8.35. The van der Waals surface area contributed by atoms with Crippen molar-refractivity contribution in [2.24, 2.45) is 5.92 Å². The van der Waals surface area contributed by atoms with Crippen LogP contribution in [0.15, 0.2) is 47.1 Å². The van der Waals surface area contributed by atoms with E-state index in [-0.39, 0.29) is 12.4 Å². The zero-order valence-corrected chi connectivity index (χ0v) is 17.4. The van der Waals surface area contributed by atoms with Gasteiger partial charge in [-0.3, -0.25) is 9.48 Å². The van der Waals surface area contributed by atoms with Crippen LogP contribution in [-0.4, -0.2) is 22.4 Å². The molecule has 5 nitrogen and oxygen atoms in total. The lowest BCUT2D eigenvalue weighted by Gasteiger charge is -2.11. The summed E-state index contributed by atoms with van der Waals surface area (Å²) in [6.45, 7) is 3.58. The molecular weight excluding hydrogens is 420 g/mol. The zero-order valence-electron chi connectivity index (χ0n) is 15.9. The van der Waals surface area contributed by atoms with Crippen LogP contribution in [0.4, 0.5) is 0 Å². The van der Waals surface area contributed by atoms with Gasteiger partial charge in [-0.2, -0.15) is 5.10 Å². The van der Waals surface area contributed by atoms with E-state index in [0.717, 1.165) is 39.0 Å². The molecule has 0 N–H and O–H groups in total. The van der Waals surface area contributed by atoms with Gasteiger partial charge in [-0.25, -0.2) is 0 Å². The van der Waals surface area contributed by atoms with E-state index >= 15 is 0 Å². The van der Waals surface area contributed by atoms with Gasteiger partial charge in [0.25, 0.3) is 0 Å². The fraction of sp³-hybridized carbons (Fsp3) is 0.364. The molecule has 28 heavy (non-hydrogen) atoms. The molecule has 1 aromatic heterocycles. The van der Waals surface area contributed by atoms with Gasteiger partial charge in [0.1, 0.15) is 12.4 Å². The number of hydrogen-bond donors (Lipinski definition) is 0. The van der Waals surface area contributed by atoms with Crippen molar-refractivity contribution in [3.05, 3.63) is 58.2 Å². The standard InChI is InChI=1S/C22H23BrN2O3/c1-2-27-22(26)11-17-5-3-4-6-21(17)28-14-16-9-19(23)18-13-25(12-15-7-8-15)24-20(18)10-16/h3-6,9-10,13,15H,2,7-8,11-12,14H2,1H3. The van der Waals surface area contributed by atoms with Crippen LogP contribution >= 0.6 is 15.9 Å². The molecule has 0 spiro atoms. The number of rotatable bonds is 8. The summed E-state index contributed by atoms with van der Waals surface area (Å²) in [6, 6.07) is 11.7. The quantitative estimate of drug-likeness (QED) is 0.465. The monoisotopic (exact) mass is 442 g/mol. The molecule has 1 aliphatic carbocycles. The smallest absolute Gasteiger partial charge is 0.310 e. The number of aromatic nitrogens is 2. The molecule has 0 saturated heterocycles. The Morgan fingerprint density at radius 3 is 2.89 bits per heavy atom. The summed E-state index contributed by atoms with van der Waals surface area (Å²) in [5.41, 5.74) is 2.82. The van der Waals surface area contributed by atoms with Crippen LogP contribution < -0.4 is 4.74 Å². The third kappa shape index (κ3) is 4.55. The highest BCUT2D eigenvalue weighted by Gasteiger charge is 2.22. The predicted octanol–water partition coefficient (Wildman–Crippen LogP) is 4.89. The first-order valence-corrected chi connectivity index (χ1v) is 10.4. The Hall–Kier alpha value is -2.34. The van der Waals surface area contributed by atoms with Crippen molar-refractivity contribution in [3.63, 3.8) is 0 Å². The summed E-state index contributed by atoms with van der Waals surface area (Å²) in [5, 5.41) is 5.83. The predicted molar refractivity (Wildman–Crippen MR) is 111 cm³/mol. The van der Waals surface area contributed by atoms with Gasteiger partial charge in [0.15, 0.2) is 0 Å². The van der Waals surface area contributed by atoms with E-state index in [4.69, 9.17) is 14.6 Å². The molecule has 3 aromatic rings. The van der Waals surface area contributed by atoms with Crippen molar-refractivity contribution in [1.82, 2.24) is 9.78 Å². The van der Waals surface area contributed by atoms with Crippen molar-refractivity contribution in [3.8, 4) is 5.75 Å². The number of carbonyl (C=O) groups is 1. The van der Waals surface area contributed by atoms with E-state index in [1.807, 2.05) is 28.9 Å². The number of nitrogens with zero attached hydrogens (tertiary/aromatic N) is 2. The van der Waals surface area contributed by atoms with E-state index in [1.165, 1.54) is 12.8 Å². The third-order valence-electron chi connectivity index (χ3n) is 4.83. The maximum Gasteiger partial charge on any atom is 0.310 e. The Balaban J connectivity index is 1.48. The van der Waals surface area contributed by atoms with Crippen LogP contribution in [0.2, 0.25) is 0 Å². The van der Waals surface area contributed by atoms with Gasteiger partial charge in [0.05, 0.1) is 18.5 Å². The van der Waals surface area contributed by atoms with Crippen LogP contribution in [0, 0.1) is 5.92 Å². The molecule has 2 aromatic carbocycles. The Labute approximate surface area is 172 Å². The van der Waals surface area contributed by atoms with Crippen molar-refractivity contribution < 1.29 is 14.3 Å². The van der Waals surface area contributed by atoms with Gasteiger partial charge >= 0.3 is 5.97 Å². The lowest BCUT2D eigenvalue weighted by Crippen LogP contribution is -2.09. The van der Waals surface area contributed by atoms with E-state index in [1.54, 1.807) is 6.92 Å². The molecule has 6 heteroatoms. The second-order valence-corrected chi connectivity index (χ2v) is 8.04. The fourth-order valence-corrected chi connectivity index (χ4v) is 3.85. The Morgan fingerprint density at radius 1 is 1.29 bits per heavy atom. The zero-order chi connectivity index (χ0) is 19.5. The molecule has 0 unspecified atom stereocenters. The van der Waals surface area contributed by atoms with Gasteiger partial charge < -0.3 is 9.47 Å². The first kappa shape index (κ1) is 19.0. The molecule has 146 valence electrons. The van der Waals surface area contributed by atoms with Gasteiger partial charge in [0, 0.05) is 28.2 Å². The minimum atomic E-state index is -0.246. The fourth-order valence-electron chi connectivity index (χ4n) is 3.25. The summed E-state index contributed by atoms with van der Waals surface area (Å²) in [6.07, 6.45) is 4.93. The molecule has 1 fully saturated rings. The molecule has 0 aliphatic heterocycles. The summed E-state index contributed by atoms with van der Waals surface area (Å²) >= 11 is 3.66. The maximum atomic E-state index is 11.8. The first-order valence-electron chi connectivity index (χ1n) is 9.64. The SMILES string of the molecule is CCOC(=O)Cc1ccccc1OCc1cc(Br)c2cn(CC3CC3)nc2c1.